The van der Waals surface area contributed by atoms with Crippen LogP contribution >= 0.6 is 0 Å². The van der Waals surface area contributed by atoms with Crippen LogP contribution in [0.3, 0.4) is 0 Å². The van der Waals surface area contributed by atoms with E-state index in [0.29, 0.717) is 17.0 Å². The first kappa shape index (κ1) is 16.1. The Kier molecular flexibility index (Phi) is 5.26. The highest BCUT2D eigenvalue weighted by Crippen LogP contribution is 2.22. The highest BCUT2D eigenvalue weighted by atomic mass is 16.2. The van der Waals surface area contributed by atoms with Crippen LogP contribution < -0.4 is 0 Å². The Morgan fingerprint density at radius 2 is 1.77 bits per heavy atom. The number of hydrazone groups is 1. The largest absolute Gasteiger partial charge is 0.282 e. The Morgan fingerprint density at radius 3 is 2.32 bits per heavy atom. The van der Waals surface area contributed by atoms with E-state index in [1.54, 1.807) is 30.5 Å². The van der Waals surface area contributed by atoms with Crippen molar-refractivity contribution in [3.05, 3.63) is 47.0 Å². The molecule has 1 heterocycles. The monoisotopic (exact) mass is 298 g/mol. The molecule has 0 saturated carbocycles. The van der Waals surface area contributed by atoms with E-state index in [0.717, 1.165) is 24.3 Å². The van der Waals surface area contributed by atoms with Crippen molar-refractivity contribution in [2.45, 2.75) is 40.0 Å². The third-order valence-corrected chi connectivity index (χ3v) is 3.69. The molecule has 22 heavy (non-hydrogen) atoms. The molecule has 4 heteroatoms. The van der Waals surface area contributed by atoms with Gasteiger partial charge in [-0.05, 0) is 51.2 Å². The summed E-state index contributed by atoms with van der Waals surface area (Å²) < 4.78 is 0. The zero-order chi connectivity index (χ0) is 16.1. The fraction of sp³-hybridized carbons (Fsp3) is 0.389. The van der Waals surface area contributed by atoms with Gasteiger partial charge in [-0.2, -0.15) is 10.1 Å². The topological polar surface area (TPSA) is 49.7 Å². The quantitative estimate of drug-likeness (QED) is 0.452. The molecule has 2 amide bonds. The van der Waals surface area contributed by atoms with Crippen LogP contribution in [-0.2, 0) is 0 Å². The van der Waals surface area contributed by atoms with Gasteiger partial charge in [0, 0.05) is 6.21 Å². The van der Waals surface area contributed by atoms with Gasteiger partial charge in [0.15, 0.2) is 0 Å². The summed E-state index contributed by atoms with van der Waals surface area (Å²) in [5.41, 5.74) is 2.19. The first-order chi connectivity index (χ1) is 10.5. The van der Waals surface area contributed by atoms with Crippen LogP contribution in [-0.4, -0.2) is 23.0 Å². The molecule has 0 radical (unpaired) electrons. The molecule has 1 aromatic rings. The van der Waals surface area contributed by atoms with Crippen molar-refractivity contribution in [3.63, 3.8) is 0 Å². The second kappa shape index (κ2) is 7.16. The van der Waals surface area contributed by atoms with Crippen molar-refractivity contribution >= 4 is 18.0 Å². The van der Waals surface area contributed by atoms with Crippen molar-refractivity contribution in [2.24, 2.45) is 11.0 Å². The van der Waals surface area contributed by atoms with Crippen LogP contribution in [0.1, 0.15) is 60.7 Å². The first-order valence-corrected chi connectivity index (χ1v) is 7.64. The third-order valence-electron chi connectivity index (χ3n) is 3.69. The molecule has 1 aromatic carbocycles. The van der Waals surface area contributed by atoms with Crippen LogP contribution in [0.5, 0.6) is 0 Å². The number of hydrogen-bond donors (Lipinski definition) is 0. The summed E-state index contributed by atoms with van der Waals surface area (Å²) in [6.45, 7) is 6.33. The van der Waals surface area contributed by atoms with E-state index in [1.807, 2.05) is 0 Å². The average Bonchev–Trinajstić information content (AvgIpc) is 2.72. The fourth-order valence-corrected chi connectivity index (χ4v) is 2.36. The lowest BCUT2D eigenvalue weighted by Crippen LogP contribution is -2.24. The normalized spacial score (nSPS) is 15.3. The molecule has 0 unspecified atom stereocenters. The molecule has 1 atom stereocenters. The Labute approximate surface area is 131 Å². The van der Waals surface area contributed by atoms with Crippen molar-refractivity contribution < 1.29 is 9.59 Å². The Hall–Kier alpha value is -2.23. The standard InChI is InChI=1S/C18H22N2O2/c1-13(2)7-6-8-14(3)11-12-19-20-17(21)15-9-4-5-10-16(15)18(20)22/h4-5,7,9-10,12,14H,6,8,11H2,1-3H3/b19-12-/t14-/m1/s1. The molecule has 0 aromatic heterocycles. The first-order valence-electron chi connectivity index (χ1n) is 7.64. The lowest BCUT2D eigenvalue weighted by atomic mass is 10.0. The van der Waals surface area contributed by atoms with Crippen LogP contribution in [0.4, 0.5) is 0 Å². The molecule has 0 fully saturated rings. The minimum atomic E-state index is -0.339. The SMILES string of the molecule is CC(C)=CCC[C@@H](C)C/C=N\N1C(=O)c2ccccc2C1=O. The minimum absolute atomic E-state index is 0.339. The predicted molar refractivity (Wildman–Crippen MR) is 87.9 cm³/mol. The van der Waals surface area contributed by atoms with Crippen molar-refractivity contribution in [2.75, 3.05) is 0 Å². The lowest BCUT2D eigenvalue weighted by Gasteiger charge is -2.08. The number of carbonyl (C=O) groups is 2. The molecular formula is C18H22N2O2. The van der Waals surface area contributed by atoms with E-state index in [-0.39, 0.29) is 11.8 Å². The van der Waals surface area contributed by atoms with E-state index in [4.69, 9.17) is 0 Å². The number of allylic oxidation sites excluding steroid dienone is 2. The van der Waals surface area contributed by atoms with Gasteiger partial charge in [0.05, 0.1) is 11.1 Å². The summed E-state index contributed by atoms with van der Waals surface area (Å²) in [4.78, 5) is 24.2. The fourth-order valence-electron chi connectivity index (χ4n) is 2.36. The summed E-state index contributed by atoms with van der Waals surface area (Å²) in [7, 11) is 0. The molecule has 0 N–H and O–H groups in total. The lowest BCUT2D eigenvalue weighted by molar-refractivity contribution is 0.0659. The number of benzene rings is 1. The van der Waals surface area contributed by atoms with E-state index < -0.39 is 0 Å². The molecule has 0 bridgehead atoms. The van der Waals surface area contributed by atoms with Gasteiger partial charge in [-0.3, -0.25) is 9.59 Å². The molecular weight excluding hydrogens is 276 g/mol. The number of rotatable bonds is 6. The minimum Gasteiger partial charge on any atom is -0.267 e. The van der Waals surface area contributed by atoms with Crippen LogP contribution in [0.15, 0.2) is 41.0 Å². The van der Waals surface area contributed by atoms with Crippen molar-refractivity contribution in [1.82, 2.24) is 5.01 Å². The zero-order valence-corrected chi connectivity index (χ0v) is 13.4. The predicted octanol–water partition coefficient (Wildman–Crippen LogP) is 4.04. The highest BCUT2D eigenvalue weighted by molar-refractivity contribution is 6.21. The molecule has 2 rings (SSSR count). The number of hydrogen-bond acceptors (Lipinski definition) is 3. The Morgan fingerprint density at radius 1 is 1.18 bits per heavy atom. The molecule has 0 spiro atoms. The molecule has 1 aliphatic rings. The molecule has 0 saturated heterocycles. The smallest absolute Gasteiger partial charge is 0.267 e. The maximum atomic E-state index is 12.1. The van der Waals surface area contributed by atoms with Gasteiger partial charge in [0.25, 0.3) is 11.8 Å². The van der Waals surface area contributed by atoms with E-state index in [1.165, 1.54) is 5.57 Å². The summed E-state index contributed by atoms with van der Waals surface area (Å²) >= 11 is 0. The maximum absolute atomic E-state index is 12.1. The number of fused-ring (bicyclic) bond motifs is 1. The van der Waals surface area contributed by atoms with Crippen molar-refractivity contribution in [3.8, 4) is 0 Å². The Bertz CT molecular complexity index is 593. The van der Waals surface area contributed by atoms with Gasteiger partial charge < -0.3 is 0 Å². The van der Waals surface area contributed by atoms with Gasteiger partial charge in [-0.25, -0.2) is 0 Å². The third kappa shape index (κ3) is 3.70. The summed E-state index contributed by atoms with van der Waals surface area (Å²) in [5.74, 6) is -0.211. The van der Waals surface area contributed by atoms with Gasteiger partial charge in [0.1, 0.15) is 0 Å². The second-order valence-electron chi connectivity index (χ2n) is 5.97. The van der Waals surface area contributed by atoms with Crippen LogP contribution in [0.2, 0.25) is 0 Å². The molecule has 116 valence electrons. The molecule has 4 nitrogen and oxygen atoms in total. The Balaban J connectivity index is 1.91. The van der Waals surface area contributed by atoms with E-state index in [2.05, 4.69) is 31.9 Å². The van der Waals surface area contributed by atoms with Gasteiger partial charge >= 0.3 is 0 Å². The summed E-state index contributed by atoms with van der Waals surface area (Å²) in [6, 6.07) is 6.82. The number of imide groups is 1. The van der Waals surface area contributed by atoms with Gasteiger partial charge in [-0.1, -0.05) is 30.7 Å². The number of amides is 2. The number of nitrogens with zero attached hydrogens (tertiary/aromatic N) is 2. The summed E-state index contributed by atoms with van der Waals surface area (Å²) in [6.07, 6.45) is 6.76. The highest BCUT2D eigenvalue weighted by Gasteiger charge is 2.35. The van der Waals surface area contributed by atoms with E-state index >= 15 is 0 Å². The van der Waals surface area contributed by atoms with Crippen LogP contribution in [0, 0.1) is 5.92 Å². The zero-order valence-electron chi connectivity index (χ0n) is 13.4. The number of carbonyl (C=O) groups excluding carboxylic acids is 2. The maximum Gasteiger partial charge on any atom is 0.282 e. The summed E-state index contributed by atoms with van der Waals surface area (Å²) in [5, 5.41) is 5.04. The second-order valence-corrected chi connectivity index (χ2v) is 5.97. The van der Waals surface area contributed by atoms with Crippen molar-refractivity contribution in [1.29, 1.82) is 0 Å². The van der Waals surface area contributed by atoms with Gasteiger partial charge in [0.2, 0.25) is 0 Å². The molecule has 1 aliphatic heterocycles. The average molecular weight is 298 g/mol. The van der Waals surface area contributed by atoms with E-state index in [9.17, 15) is 9.59 Å². The van der Waals surface area contributed by atoms with Crippen LogP contribution in [0.25, 0.3) is 0 Å². The van der Waals surface area contributed by atoms with Gasteiger partial charge in [-0.15, -0.1) is 0 Å². The molecule has 0 aliphatic carbocycles.